The summed E-state index contributed by atoms with van der Waals surface area (Å²) in [6.07, 6.45) is -0.505. The van der Waals surface area contributed by atoms with Crippen molar-refractivity contribution in [3.8, 4) is 0 Å². The van der Waals surface area contributed by atoms with Crippen molar-refractivity contribution >= 4 is 18.2 Å². The van der Waals surface area contributed by atoms with Gasteiger partial charge in [0.1, 0.15) is 11.2 Å². The first kappa shape index (κ1) is 21.3. The lowest BCUT2D eigenvalue weighted by atomic mass is 9.62. The van der Waals surface area contributed by atoms with Gasteiger partial charge < -0.3 is 24.8 Å². The molecule has 0 aromatic heterocycles. The second-order valence-corrected chi connectivity index (χ2v) is 9.84. The molecule has 2 heterocycles. The number of hydrogen-bond donors (Lipinski definition) is 2. The van der Waals surface area contributed by atoms with Gasteiger partial charge in [-0.15, -0.1) is 0 Å². The van der Waals surface area contributed by atoms with Gasteiger partial charge in [0.2, 0.25) is 0 Å². The molecule has 8 nitrogen and oxygen atoms in total. The predicted molar refractivity (Wildman–Crippen MR) is 98.4 cm³/mol. The summed E-state index contributed by atoms with van der Waals surface area (Å²) in [4.78, 5) is 37.9. The number of carboxylic acid groups (broad SMARTS) is 1. The van der Waals surface area contributed by atoms with Crippen LogP contribution in [-0.2, 0) is 14.3 Å². The standard InChI is InChI=1S/C19H32N2O6/c1-17(2,3)26-15(24)20-19(7,9-13(22)23)14-11-8-12(14)21(10-11)16(25)27-18(4,5)6/h11-12,14H,8-10H2,1-7H3,(H,20,24)(H,22,23). The summed E-state index contributed by atoms with van der Waals surface area (Å²) >= 11 is 0. The van der Waals surface area contributed by atoms with E-state index >= 15 is 0 Å². The van der Waals surface area contributed by atoms with E-state index in [1.807, 2.05) is 0 Å². The fourth-order valence-corrected chi connectivity index (χ4v) is 4.19. The number of fused-ring (bicyclic) bond motifs is 1. The van der Waals surface area contributed by atoms with Crippen LogP contribution in [0.5, 0.6) is 0 Å². The summed E-state index contributed by atoms with van der Waals surface area (Å²) < 4.78 is 10.8. The third-order valence-corrected chi connectivity index (χ3v) is 4.97. The van der Waals surface area contributed by atoms with Gasteiger partial charge in [0, 0.05) is 18.5 Å². The maximum atomic E-state index is 12.5. The molecule has 1 aliphatic carbocycles. The molecule has 2 aliphatic heterocycles. The van der Waals surface area contributed by atoms with Crippen LogP contribution in [0.1, 0.15) is 61.3 Å². The fraction of sp³-hybridized carbons (Fsp3) is 0.842. The first-order valence-corrected chi connectivity index (χ1v) is 9.34. The van der Waals surface area contributed by atoms with Crippen LogP contribution in [0.4, 0.5) is 9.59 Å². The number of amides is 2. The first-order chi connectivity index (χ1) is 12.1. The Labute approximate surface area is 160 Å². The van der Waals surface area contributed by atoms with Gasteiger partial charge in [-0.3, -0.25) is 4.79 Å². The summed E-state index contributed by atoms with van der Waals surface area (Å²) in [6.45, 7) is 12.9. The lowest BCUT2D eigenvalue weighted by molar-refractivity contribution is -0.140. The third kappa shape index (κ3) is 5.05. The van der Waals surface area contributed by atoms with Crippen LogP contribution < -0.4 is 5.32 Å². The lowest BCUT2D eigenvalue weighted by Crippen LogP contribution is -2.62. The van der Waals surface area contributed by atoms with Crippen molar-refractivity contribution in [1.82, 2.24) is 10.2 Å². The van der Waals surface area contributed by atoms with Crippen molar-refractivity contribution in [2.75, 3.05) is 6.54 Å². The Kier molecular flexibility index (Phi) is 5.42. The molecule has 4 unspecified atom stereocenters. The number of hydrogen-bond acceptors (Lipinski definition) is 5. The highest BCUT2D eigenvalue weighted by Crippen LogP contribution is 2.52. The highest BCUT2D eigenvalue weighted by Gasteiger charge is 2.61. The van der Waals surface area contributed by atoms with Crippen molar-refractivity contribution in [2.45, 2.75) is 84.1 Å². The highest BCUT2D eigenvalue weighted by molar-refractivity contribution is 5.74. The van der Waals surface area contributed by atoms with Gasteiger partial charge in [-0.1, -0.05) is 0 Å². The predicted octanol–water partition coefficient (Wildman–Crippen LogP) is 3.00. The van der Waals surface area contributed by atoms with Crippen molar-refractivity contribution in [3.63, 3.8) is 0 Å². The van der Waals surface area contributed by atoms with Crippen LogP contribution in [-0.4, -0.2) is 57.5 Å². The SMILES string of the molecule is CC(C)(C)OC(=O)NC(C)(CC(=O)O)C1C2CC1N(C(=O)OC(C)(C)C)C2. The summed E-state index contributed by atoms with van der Waals surface area (Å²) in [5.74, 6) is -1.04. The molecule has 0 aromatic rings. The molecular weight excluding hydrogens is 352 g/mol. The molecular formula is C19H32N2O6. The van der Waals surface area contributed by atoms with Crippen molar-refractivity contribution in [3.05, 3.63) is 0 Å². The van der Waals surface area contributed by atoms with E-state index < -0.39 is 34.9 Å². The van der Waals surface area contributed by atoms with E-state index in [2.05, 4.69) is 5.32 Å². The van der Waals surface area contributed by atoms with Crippen LogP contribution in [0.25, 0.3) is 0 Å². The Morgan fingerprint density at radius 2 is 1.59 bits per heavy atom. The van der Waals surface area contributed by atoms with Gasteiger partial charge in [-0.05, 0) is 60.8 Å². The number of carbonyl (C=O) groups excluding carboxylic acids is 2. The second-order valence-electron chi connectivity index (χ2n) is 9.84. The van der Waals surface area contributed by atoms with Gasteiger partial charge in [-0.2, -0.15) is 0 Å². The molecule has 2 saturated heterocycles. The minimum absolute atomic E-state index is 0.127. The number of nitrogens with one attached hydrogen (secondary N) is 1. The Morgan fingerprint density at radius 3 is 2.07 bits per heavy atom. The van der Waals surface area contributed by atoms with Crippen LogP contribution in [0, 0.1) is 11.8 Å². The largest absolute Gasteiger partial charge is 0.481 e. The number of carbonyl (C=O) groups is 3. The Balaban J connectivity index is 2.15. The average molecular weight is 384 g/mol. The second kappa shape index (κ2) is 6.87. The number of aliphatic carboxylic acids is 1. The highest BCUT2D eigenvalue weighted by atomic mass is 16.6. The molecule has 3 fully saturated rings. The van der Waals surface area contributed by atoms with Crippen LogP contribution >= 0.6 is 0 Å². The molecule has 1 saturated carbocycles. The maximum absolute atomic E-state index is 12.5. The minimum Gasteiger partial charge on any atom is -0.481 e. The molecule has 3 aliphatic rings. The van der Waals surface area contributed by atoms with E-state index in [-0.39, 0.29) is 24.3 Å². The Hall–Kier alpha value is -1.99. The van der Waals surface area contributed by atoms with Crippen molar-refractivity contribution in [1.29, 1.82) is 0 Å². The van der Waals surface area contributed by atoms with Crippen LogP contribution in [0.3, 0.4) is 0 Å². The zero-order valence-corrected chi connectivity index (χ0v) is 17.3. The van der Waals surface area contributed by atoms with E-state index in [0.29, 0.717) is 6.54 Å². The fourth-order valence-electron chi connectivity index (χ4n) is 4.19. The Morgan fingerprint density at radius 1 is 1.04 bits per heavy atom. The number of rotatable bonds is 4. The number of carboxylic acids is 1. The molecule has 27 heavy (non-hydrogen) atoms. The number of nitrogens with zero attached hydrogens (tertiary/aromatic N) is 1. The van der Waals surface area contributed by atoms with Gasteiger partial charge >= 0.3 is 18.2 Å². The molecule has 2 N–H and O–H groups in total. The van der Waals surface area contributed by atoms with E-state index in [1.165, 1.54) is 0 Å². The van der Waals surface area contributed by atoms with Crippen LogP contribution in [0.2, 0.25) is 0 Å². The molecule has 2 bridgehead atoms. The summed E-state index contributed by atoms with van der Waals surface area (Å²) in [7, 11) is 0. The van der Waals surface area contributed by atoms with Gasteiger partial charge in [-0.25, -0.2) is 9.59 Å². The summed E-state index contributed by atoms with van der Waals surface area (Å²) in [5, 5.41) is 12.2. The summed E-state index contributed by atoms with van der Waals surface area (Å²) in [6, 6.07) is -0.149. The number of alkyl carbamates (subject to hydrolysis) is 1. The lowest BCUT2D eigenvalue weighted by Gasteiger charge is -2.48. The normalized spacial score (nSPS) is 26.6. The molecule has 0 radical (unpaired) electrons. The topological polar surface area (TPSA) is 105 Å². The van der Waals surface area contributed by atoms with Gasteiger partial charge in [0.15, 0.2) is 0 Å². The minimum atomic E-state index is -1.02. The van der Waals surface area contributed by atoms with Gasteiger partial charge in [0.05, 0.1) is 12.0 Å². The Bertz CT molecular complexity index is 621. The van der Waals surface area contributed by atoms with E-state index in [4.69, 9.17) is 9.47 Å². The molecule has 0 aromatic carbocycles. The smallest absolute Gasteiger partial charge is 0.410 e. The summed E-state index contributed by atoms with van der Waals surface area (Å²) in [5.41, 5.74) is -2.30. The molecule has 3 rings (SSSR count). The zero-order chi connectivity index (χ0) is 20.8. The molecule has 8 heteroatoms. The molecule has 2 amide bonds. The average Bonchev–Trinajstić information content (AvgIpc) is 2.89. The maximum Gasteiger partial charge on any atom is 0.410 e. The zero-order valence-electron chi connectivity index (χ0n) is 17.3. The first-order valence-electron chi connectivity index (χ1n) is 9.34. The monoisotopic (exact) mass is 384 g/mol. The van der Waals surface area contributed by atoms with Crippen LogP contribution in [0.15, 0.2) is 0 Å². The third-order valence-electron chi connectivity index (χ3n) is 4.97. The van der Waals surface area contributed by atoms with Gasteiger partial charge in [0.25, 0.3) is 0 Å². The molecule has 0 spiro atoms. The van der Waals surface area contributed by atoms with Crippen molar-refractivity contribution < 1.29 is 29.0 Å². The van der Waals surface area contributed by atoms with Crippen molar-refractivity contribution in [2.24, 2.45) is 11.8 Å². The molecule has 154 valence electrons. The van der Waals surface area contributed by atoms with E-state index in [1.54, 1.807) is 53.4 Å². The van der Waals surface area contributed by atoms with E-state index in [9.17, 15) is 19.5 Å². The quantitative estimate of drug-likeness (QED) is 0.772. The number of ether oxygens (including phenoxy) is 2. The molecule has 4 atom stereocenters. The van der Waals surface area contributed by atoms with E-state index in [0.717, 1.165) is 6.42 Å².